The lowest BCUT2D eigenvalue weighted by atomic mass is 10.1. The number of benzene rings is 2. The average molecular weight is 359 g/mol. The van der Waals surface area contributed by atoms with Crippen molar-refractivity contribution in [1.82, 2.24) is 0 Å². The fourth-order valence-electron chi connectivity index (χ4n) is 2.97. The van der Waals surface area contributed by atoms with Crippen molar-refractivity contribution < 1.29 is 22.7 Å². The van der Waals surface area contributed by atoms with Gasteiger partial charge in [-0.1, -0.05) is 12.1 Å². The van der Waals surface area contributed by atoms with Gasteiger partial charge in [0.1, 0.15) is 0 Å². The van der Waals surface area contributed by atoms with Crippen LogP contribution in [0.4, 0.5) is 5.69 Å². The predicted octanol–water partition coefficient (Wildman–Crippen LogP) is 2.08. The first-order valence-corrected chi connectivity index (χ1v) is 9.54. The number of carbonyl (C=O) groups excluding carboxylic acids is 2. The van der Waals surface area contributed by atoms with Gasteiger partial charge in [0.05, 0.1) is 23.1 Å². The van der Waals surface area contributed by atoms with Crippen molar-refractivity contribution >= 4 is 27.4 Å². The SMILES string of the molecule is COC(=O)c1ccc2c(c1)CCN2C(=O)c1ccccc1S(C)(=O)=O. The van der Waals surface area contributed by atoms with Crippen molar-refractivity contribution in [2.75, 3.05) is 24.8 Å². The molecule has 0 saturated carbocycles. The van der Waals surface area contributed by atoms with Gasteiger partial charge in [-0.25, -0.2) is 13.2 Å². The Morgan fingerprint density at radius 1 is 1.12 bits per heavy atom. The second kappa shape index (κ2) is 6.33. The monoisotopic (exact) mass is 359 g/mol. The molecule has 0 N–H and O–H groups in total. The minimum absolute atomic E-state index is 0.0135. The van der Waals surface area contributed by atoms with Gasteiger partial charge in [0, 0.05) is 18.5 Å². The minimum Gasteiger partial charge on any atom is -0.465 e. The third kappa shape index (κ3) is 3.15. The number of rotatable bonds is 3. The molecule has 1 heterocycles. The summed E-state index contributed by atoms with van der Waals surface area (Å²) in [6, 6.07) is 11.2. The van der Waals surface area contributed by atoms with E-state index in [1.54, 1.807) is 35.2 Å². The highest BCUT2D eigenvalue weighted by molar-refractivity contribution is 7.90. The highest BCUT2D eigenvalue weighted by Gasteiger charge is 2.29. The van der Waals surface area contributed by atoms with E-state index in [1.807, 2.05) is 0 Å². The van der Waals surface area contributed by atoms with E-state index in [4.69, 9.17) is 4.74 Å². The molecule has 0 spiro atoms. The van der Waals surface area contributed by atoms with Gasteiger partial charge in [0.25, 0.3) is 5.91 Å². The van der Waals surface area contributed by atoms with Crippen LogP contribution in [0.5, 0.6) is 0 Å². The first-order chi connectivity index (χ1) is 11.8. The number of amides is 1. The van der Waals surface area contributed by atoms with E-state index in [0.29, 0.717) is 24.2 Å². The van der Waals surface area contributed by atoms with Gasteiger partial charge in [-0.3, -0.25) is 4.79 Å². The molecule has 130 valence electrons. The van der Waals surface area contributed by atoms with E-state index < -0.39 is 15.8 Å². The largest absolute Gasteiger partial charge is 0.465 e. The third-order valence-corrected chi connectivity index (χ3v) is 5.31. The van der Waals surface area contributed by atoms with E-state index in [1.165, 1.54) is 19.2 Å². The number of hydrogen-bond donors (Lipinski definition) is 0. The Hall–Kier alpha value is -2.67. The highest BCUT2D eigenvalue weighted by atomic mass is 32.2. The number of carbonyl (C=O) groups is 2. The van der Waals surface area contributed by atoms with Crippen LogP contribution in [0.3, 0.4) is 0 Å². The summed E-state index contributed by atoms with van der Waals surface area (Å²) < 4.78 is 28.6. The summed E-state index contributed by atoms with van der Waals surface area (Å²) in [4.78, 5) is 26.1. The van der Waals surface area contributed by atoms with Crippen LogP contribution in [-0.2, 0) is 21.0 Å². The van der Waals surface area contributed by atoms with Gasteiger partial charge in [-0.05, 0) is 42.3 Å². The van der Waals surface area contributed by atoms with Gasteiger partial charge >= 0.3 is 5.97 Å². The molecule has 7 heteroatoms. The molecule has 3 rings (SSSR count). The topological polar surface area (TPSA) is 80.8 Å². The van der Waals surface area contributed by atoms with Crippen LogP contribution in [0.25, 0.3) is 0 Å². The fraction of sp³-hybridized carbons (Fsp3) is 0.222. The summed E-state index contributed by atoms with van der Waals surface area (Å²) in [6.45, 7) is 0.427. The van der Waals surface area contributed by atoms with Gasteiger partial charge in [0.15, 0.2) is 9.84 Å². The maximum Gasteiger partial charge on any atom is 0.337 e. The zero-order valence-electron chi connectivity index (χ0n) is 13.9. The Bertz CT molecular complexity index is 965. The van der Waals surface area contributed by atoms with Gasteiger partial charge in [0.2, 0.25) is 0 Å². The number of nitrogens with zero attached hydrogens (tertiary/aromatic N) is 1. The second-order valence-electron chi connectivity index (χ2n) is 5.81. The number of hydrogen-bond acceptors (Lipinski definition) is 5. The Morgan fingerprint density at radius 3 is 2.52 bits per heavy atom. The lowest BCUT2D eigenvalue weighted by molar-refractivity contribution is 0.0600. The van der Waals surface area contributed by atoms with E-state index in [2.05, 4.69) is 0 Å². The summed E-state index contributed by atoms with van der Waals surface area (Å²) in [5.41, 5.74) is 2.11. The van der Waals surface area contributed by atoms with Crippen LogP contribution in [0.2, 0.25) is 0 Å². The molecule has 6 nitrogen and oxygen atoms in total. The third-order valence-electron chi connectivity index (χ3n) is 4.16. The van der Waals surface area contributed by atoms with Crippen molar-refractivity contribution in [3.8, 4) is 0 Å². The molecular weight excluding hydrogens is 342 g/mol. The number of ether oxygens (including phenoxy) is 1. The standard InChI is InChI=1S/C18H17NO5S/c1-24-18(21)13-7-8-15-12(11-13)9-10-19(15)17(20)14-5-3-4-6-16(14)25(2,22)23/h3-8,11H,9-10H2,1-2H3. The quantitative estimate of drug-likeness (QED) is 0.784. The second-order valence-corrected chi connectivity index (χ2v) is 7.79. The van der Waals surface area contributed by atoms with E-state index in [-0.39, 0.29) is 16.4 Å². The molecule has 0 fully saturated rings. The van der Waals surface area contributed by atoms with E-state index in [9.17, 15) is 18.0 Å². The fourth-order valence-corrected chi connectivity index (χ4v) is 3.85. The molecule has 1 aliphatic heterocycles. The molecule has 2 aromatic carbocycles. The molecule has 0 radical (unpaired) electrons. The van der Waals surface area contributed by atoms with Crippen molar-refractivity contribution in [2.24, 2.45) is 0 Å². The molecular formula is C18H17NO5S. The van der Waals surface area contributed by atoms with Crippen LogP contribution < -0.4 is 4.90 Å². The van der Waals surface area contributed by atoms with Gasteiger partial charge in [-0.15, -0.1) is 0 Å². The zero-order valence-corrected chi connectivity index (χ0v) is 14.7. The lowest BCUT2D eigenvalue weighted by Crippen LogP contribution is -2.30. The summed E-state index contributed by atoms with van der Waals surface area (Å²) in [7, 11) is -2.20. The number of anilines is 1. The molecule has 2 aromatic rings. The Morgan fingerprint density at radius 2 is 1.84 bits per heavy atom. The molecule has 25 heavy (non-hydrogen) atoms. The Kier molecular flexibility index (Phi) is 4.34. The van der Waals surface area contributed by atoms with Gasteiger partial charge < -0.3 is 9.64 Å². The summed E-state index contributed by atoms with van der Waals surface area (Å²) in [6.07, 6.45) is 1.67. The van der Waals surface area contributed by atoms with Crippen LogP contribution >= 0.6 is 0 Å². The summed E-state index contributed by atoms with van der Waals surface area (Å²) >= 11 is 0. The molecule has 1 amide bonds. The first-order valence-electron chi connectivity index (χ1n) is 7.65. The predicted molar refractivity (Wildman–Crippen MR) is 92.7 cm³/mol. The van der Waals surface area contributed by atoms with Crippen molar-refractivity contribution in [1.29, 1.82) is 0 Å². The van der Waals surface area contributed by atoms with Crippen molar-refractivity contribution in [3.05, 3.63) is 59.2 Å². The number of fused-ring (bicyclic) bond motifs is 1. The van der Waals surface area contributed by atoms with E-state index in [0.717, 1.165) is 11.8 Å². The molecule has 0 saturated heterocycles. The molecule has 0 aromatic heterocycles. The number of esters is 1. The molecule has 0 bridgehead atoms. The first kappa shape index (κ1) is 17.2. The zero-order chi connectivity index (χ0) is 18.2. The Balaban J connectivity index is 1.99. The number of methoxy groups -OCH3 is 1. The smallest absolute Gasteiger partial charge is 0.337 e. The van der Waals surface area contributed by atoms with Crippen molar-refractivity contribution in [2.45, 2.75) is 11.3 Å². The summed E-state index contributed by atoms with van der Waals surface area (Å²) in [5.74, 6) is -0.805. The molecule has 1 aliphatic rings. The van der Waals surface area contributed by atoms with Crippen LogP contribution in [0, 0.1) is 0 Å². The maximum absolute atomic E-state index is 12.9. The maximum atomic E-state index is 12.9. The van der Waals surface area contributed by atoms with Gasteiger partial charge in [-0.2, -0.15) is 0 Å². The molecule has 0 aliphatic carbocycles. The molecule has 0 atom stereocenters. The minimum atomic E-state index is -3.52. The normalized spacial score (nSPS) is 13.4. The van der Waals surface area contributed by atoms with Crippen LogP contribution in [0.1, 0.15) is 26.3 Å². The van der Waals surface area contributed by atoms with Crippen LogP contribution in [0.15, 0.2) is 47.4 Å². The number of sulfone groups is 1. The summed E-state index contributed by atoms with van der Waals surface area (Å²) in [5, 5.41) is 0. The van der Waals surface area contributed by atoms with Crippen LogP contribution in [-0.4, -0.2) is 40.2 Å². The average Bonchev–Trinajstić information content (AvgIpc) is 3.02. The lowest BCUT2D eigenvalue weighted by Gasteiger charge is -2.19. The van der Waals surface area contributed by atoms with Crippen molar-refractivity contribution in [3.63, 3.8) is 0 Å². The highest BCUT2D eigenvalue weighted by Crippen LogP contribution is 2.31. The Labute approximate surface area is 145 Å². The van der Waals surface area contributed by atoms with E-state index >= 15 is 0 Å². The molecule has 0 unspecified atom stereocenters.